The van der Waals surface area contributed by atoms with Crippen molar-refractivity contribution in [3.05, 3.63) is 54.4 Å². The lowest BCUT2D eigenvalue weighted by molar-refractivity contribution is -0.162. The van der Waals surface area contributed by atoms with E-state index in [1.807, 2.05) is 0 Å². The van der Waals surface area contributed by atoms with Crippen molar-refractivity contribution in [2.24, 2.45) is 0 Å². The quantitative estimate of drug-likeness (QED) is 0.585. The summed E-state index contributed by atoms with van der Waals surface area (Å²) in [4.78, 5) is 16.8. The first-order chi connectivity index (χ1) is 12.3. The number of hydrogen-bond donors (Lipinski definition) is 1. The van der Waals surface area contributed by atoms with Gasteiger partial charge in [0, 0.05) is 25.9 Å². The summed E-state index contributed by atoms with van der Waals surface area (Å²) in [5.74, 6) is -0.386. The van der Waals surface area contributed by atoms with E-state index in [0.29, 0.717) is 16.4 Å². The van der Waals surface area contributed by atoms with E-state index in [2.05, 4.69) is 4.98 Å². The van der Waals surface area contributed by atoms with Gasteiger partial charge in [0.1, 0.15) is 5.75 Å². The number of amides is 1. The minimum atomic E-state index is -4.11. The number of aromatic nitrogens is 1. The van der Waals surface area contributed by atoms with E-state index in [1.165, 1.54) is 37.6 Å². The summed E-state index contributed by atoms with van der Waals surface area (Å²) in [7, 11) is -1.51. The lowest BCUT2D eigenvalue weighted by atomic mass is 9.95. The molecule has 0 unspecified atom stereocenters. The topological polar surface area (TPSA) is 96.8 Å². The number of rotatable bonds is 7. The van der Waals surface area contributed by atoms with Crippen LogP contribution in [0.1, 0.15) is 18.9 Å². The number of carbonyl (C=O) groups is 1. The third kappa shape index (κ3) is 3.56. The van der Waals surface area contributed by atoms with Crippen LogP contribution in [-0.2, 0) is 21.1 Å². The summed E-state index contributed by atoms with van der Waals surface area (Å²) in [5.41, 5.74) is 0.585. The molecule has 0 bridgehead atoms. The Kier molecular flexibility index (Phi) is 5.99. The molecule has 2 aromatic rings. The van der Waals surface area contributed by atoms with Crippen LogP contribution in [-0.4, -0.2) is 48.5 Å². The van der Waals surface area contributed by atoms with Crippen LogP contribution in [0.25, 0.3) is 0 Å². The SMILES string of the molecule is CC[C@@](Cc1cccnc1)(C(=O)N(C)O)S(=O)(=O)c1ccc(OC)cc1. The number of carbonyl (C=O) groups excluding carboxylic acids is 1. The molecule has 1 atom stereocenters. The van der Waals surface area contributed by atoms with Gasteiger partial charge in [0.25, 0.3) is 5.91 Å². The Bertz CT molecular complexity index is 851. The molecule has 0 aliphatic carbocycles. The van der Waals surface area contributed by atoms with Crippen LogP contribution >= 0.6 is 0 Å². The second-order valence-corrected chi connectivity index (χ2v) is 8.15. The molecule has 0 saturated heterocycles. The van der Waals surface area contributed by atoms with Gasteiger partial charge in [-0.15, -0.1) is 0 Å². The predicted molar refractivity (Wildman–Crippen MR) is 95.7 cm³/mol. The van der Waals surface area contributed by atoms with Crippen LogP contribution in [0.4, 0.5) is 0 Å². The third-order valence-electron chi connectivity index (χ3n) is 4.35. The Balaban J connectivity index is 2.62. The Morgan fingerprint density at radius 3 is 2.38 bits per heavy atom. The van der Waals surface area contributed by atoms with E-state index in [9.17, 15) is 18.4 Å². The number of methoxy groups -OCH3 is 1. The fourth-order valence-electron chi connectivity index (χ4n) is 2.86. The molecule has 1 amide bonds. The minimum absolute atomic E-state index is 0.0139. The summed E-state index contributed by atoms with van der Waals surface area (Å²) in [6.45, 7) is 1.61. The fourth-order valence-corrected chi connectivity index (χ4v) is 4.90. The maximum Gasteiger partial charge on any atom is 0.267 e. The first kappa shape index (κ1) is 19.9. The number of pyridine rings is 1. The molecule has 1 N–H and O–H groups in total. The molecule has 1 aromatic carbocycles. The van der Waals surface area contributed by atoms with Gasteiger partial charge in [0.05, 0.1) is 12.0 Å². The molecular formula is C18H22N2O5S. The Labute approximate surface area is 153 Å². The molecule has 7 nitrogen and oxygen atoms in total. The number of ether oxygens (including phenoxy) is 1. The standard InChI is InChI=1S/C18H22N2O5S/c1-4-18(17(21)20(2)22,12-14-6-5-11-19-13-14)26(23,24)16-9-7-15(25-3)8-10-16/h5-11,13,22H,4,12H2,1-3H3/t18-/m1/s1. The minimum Gasteiger partial charge on any atom is -0.497 e. The van der Waals surface area contributed by atoms with Crippen LogP contribution < -0.4 is 4.74 Å². The maximum atomic E-state index is 13.4. The van der Waals surface area contributed by atoms with E-state index in [4.69, 9.17) is 4.74 Å². The number of sulfone groups is 1. The summed E-state index contributed by atoms with van der Waals surface area (Å²) in [6, 6.07) is 9.20. The van der Waals surface area contributed by atoms with Crippen molar-refractivity contribution in [2.75, 3.05) is 14.2 Å². The number of hydroxylamine groups is 2. The summed E-state index contributed by atoms with van der Waals surface area (Å²) in [6.07, 6.45) is 2.96. The van der Waals surface area contributed by atoms with Gasteiger partial charge in [0.15, 0.2) is 14.6 Å². The van der Waals surface area contributed by atoms with Crippen molar-refractivity contribution in [3.8, 4) is 5.75 Å². The van der Waals surface area contributed by atoms with Gasteiger partial charge < -0.3 is 4.74 Å². The molecule has 0 aliphatic rings. The van der Waals surface area contributed by atoms with Gasteiger partial charge >= 0.3 is 0 Å². The zero-order valence-corrected chi connectivity index (χ0v) is 15.7. The highest BCUT2D eigenvalue weighted by atomic mass is 32.2. The first-order valence-electron chi connectivity index (χ1n) is 8.03. The third-order valence-corrected chi connectivity index (χ3v) is 6.88. The normalized spacial score (nSPS) is 13.7. The highest BCUT2D eigenvalue weighted by molar-refractivity contribution is 7.93. The van der Waals surface area contributed by atoms with Crippen LogP contribution in [0.2, 0.25) is 0 Å². The maximum absolute atomic E-state index is 13.4. The molecule has 8 heteroatoms. The van der Waals surface area contributed by atoms with E-state index in [0.717, 1.165) is 7.05 Å². The van der Waals surface area contributed by atoms with Gasteiger partial charge in [-0.2, -0.15) is 0 Å². The van der Waals surface area contributed by atoms with Crippen molar-refractivity contribution in [2.45, 2.75) is 29.4 Å². The van der Waals surface area contributed by atoms with Crippen LogP contribution in [0.3, 0.4) is 0 Å². The molecule has 0 radical (unpaired) electrons. The molecule has 2 rings (SSSR count). The van der Waals surface area contributed by atoms with Crippen LogP contribution in [0, 0.1) is 0 Å². The van der Waals surface area contributed by atoms with Crippen LogP contribution in [0.15, 0.2) is 53.7 Å². The molecule has 1 aromatic heterocycles. The van der Waals surface area contributed by atoms with Crippen molar-refractivity contribution in [1.29, 1.82) is 0 Å². The highest BCUT2D eigenvalue weighted by Crippen LogP contribution is 2.34. The van der Waals surface area contributed by atoms with Gasteiger partial charge in [-0.3, -0.25) is 15.0 Å². The van der Waals surface area contributed by atoms with E-state index in [-0.39, 0.29) is 17.7 Å². The van der Waals surface area contributed by atoms with Crippen molar-refractivity contribution in [1.82, 2.24) is 10.0 Å². The molecule has 0 aliphatic heterocycles. The van der Waals surface area contributed by atoms with Crippen LogP contribution in [0.5, 0.6) is 5.75 Å². The molecule has 1 heterocycles. The average molecular weight is 378 g/mol. The summed E-state index contributed by atoms with van der Waals surface area (Å²) >= 11 is 0. The summed E-state index contributed by atoms with van der Waals surface area (Å²) in [5, 5.41) is 10.1. The zero-order valence-electron chi connectivity index (χ0n) is 14.9. The van der Waals surface area contributed by atoms with Crippen molar-refractivity contribution in [3.63, 3.8) is 0 Å². The number of hydrogen-bond acceptors (Lipinski definition) is 6. The second kappa shape index (κ2) is 7.84. The molecule has 0 fully saturated rings. The number of nitrogens with zero attached hydrogens (tertiary/aromatic N) is 2. The molecule has 0 saturated carbocycles. The Morgan fingerprint density at radius 1 is 1.27 bits per heavy atom. The number of benzene rings is 1. The first-order valence-corrected chi connectivity index (χ1v) is 9.51. The molecule has 26 heavy (non-hydrogen) atoms. The fraction of sp³-hybridized carbons (Fsp3) is 0.333. The monoisotopic (exact) mass is 378 g/mol. The van der Waals surface area contributed by atoms with E-state index >= 15 is 0 Å². The Hall–Kier alpha value is -2.45. The Morgan fingerprint density at radius 2 is 1.92 bits per heavy atom. The molecular weight excluding hydrogens is 356 g/mol. The second-order valence-electron chi connectivity index (χ2n) is 5.89. The molecule has 0 spiro atoms. The predicted octanol–water partition coefficient (Wildman–Crippen LogP) is 2.10. The largest absolute Gasteiger partial charge is 0.497 e. The van der Waals surface area contributed by atoms with Crippen molar-refractivity contribution >= 4 is 15.7 Å². The van der Waals surface area contributed by atoms with Gasteiger partial charge in [-0.1, -0.05) is 13.0 Å². The molecule has 140 valence electrons. The van der Waals surface area contributed by atoms with Gasteiger partial charge in [-0.05, 0) is 42.3 Å². The zero-order chi connectivity index (χ0) is 19.4. The van der Waals surface area contributed by atoms with Gasteiger partial charge in [-0.25, -0.2) is 13.5 Å². The average Bonchev–Trinajstić information content (AvgIpc) is 2.66. The van der Waals surface area contributed by atoms with Gasteiger partial charge in [0.2, 0.25) is 0 Å². The lowest BCUT2D eigenvalue weighted by Crippen LogP contribution is -2.53. The lowest BCUT2D eigenvalue weighted by Gasteiger charge is -2.32. The van der Waals surface area contributed by atoms with E-state index in [1.54, 1.807) is 25.3 Å². The van der Waals surface area contributed by atoms with Crippen molar-refractivity contribution < 1.29 is 23.2 Å². The van der Waals surface area contributed by atoms with E-state index < -0.39 is 20.5 Å². The highest BCUT2D eigenvalue weighted by Gasteiger charge is 2.51. The summed E-state index contributed by atoms with van der Waals surface area (Å²) < 4.78 is 30.0. The smallest absolute Gasteiger partial charge is 0.267 e.